The van der Waals surface area contributed by atoms with E-state index in [4.69, 9.17) is 9.47 Å². The lowest BCUT2D eigenvalue weighted by Crippen LogP contribution is -2.50. The third kappa shape index (κ3) is 4.46. The average Bonchev–Trinajstić information content (AvgIpc) is 2.61. The highest BCUT2D eigenvalue weighted by molar-refractivity contribution is 5.87. The van der Waals surface area contributed by atoms with Crippen LogP contribution in [-0.4, -0.2) is 50.2 Å². The fraction of sp³-hybridized carbons (Fsp3) is 0.650. The zero-order chi connectivity index (χ0) is 18.6. The van der Waals surface area contributed by atoms with E-state index in [0.717, 1.165) is 31.5 Å². The summed E-state index contributed by atoms with van der Waals surface area (Å²) < 4.78 is 10.7. The van der Waals surface area contributed by atoms with Gasteiger partial charge in [0.2, 0.25) is 5.91 Å². The van der Waals surface area contributed by atoms with Gasteiger partial charge in [-0.2, -0.15) is 0 Å². The van der Waals surface area contributed by atoms with Crippen molar-refractivity contribution in [2.24, 2.45) is 0 Å². The van der Waals surface area contributed by atoms with Gasteiger partial charge in [-0.1, -0.05) is 6.07 Å². The molecule has 0 unspecified atom stereocenters. The summed E-state index contributed by atoms with van der Waals surface area (Å²) in [6, 6.07) is 6.49. The standard InChI is InChI=1S/C20H32N2O3/c1-14(2)22-11-9-16(10-12-22)21-19(23)20(3,4)15-7-8-17(24-5)18(13-15)25-6/h7-8,13-14,16H,9-12H2,1-6H3,(H,21,23). The van der Waals surface area contributed by atoms with Crippen LogP contribution in [0.5, 0.6) is 11.5 Å². The number of likely N-dealkylation sites (tertiary alicyclic amines) is 1. The number of piperidine rings is 1. The Balaban J connectivity index is 2.05. The molecule has 0 aromatic heterocycles. The number of nitrogens with one attached hydrogen (secondary N) is 1. The highest BCUT2D eigenvalue weighted by atomic mass is 16.5. The number of hydrogen-bond acceptors (Lipinski definition) is 4. The van der Waals surface area contributed by atoms with Gasteiger partial charge >= 0.3 is 0 Å². The van der Waals surface area contributed by atoms with E-state index in [2.05, 4.69) is 24.1 Å². The van der Waals surface area contributed by atoms with Crippen LogP contribution in [0, 0.1) is 0 Å². The van der Waals surface area contributed by atoms with Crippen molar-refractivity contribution in [3.05, 3.63) is 23.8 Å². The molecule has 5 nitrogen and oxygen atoms in total. The minimum absolute atomic E-state index is 0.0581. The summed E-state index contributed by atoms with van der Waals surface area (Å²) in [5, 5.41) is 3.25. The lowest BCUT2D eigenvalue weighted by Gasteiger charge is -2.36. The van der Waals surface area contributed by atoms with Crippen molar-refractivity contribution in [2.45, 2.75) is 58.0 Å². The van der Waals surface area contributed by atoms with Crippen molar-refractivity contribution in [2.75, 3.05) is 27.3 Å². The SMILES string of the molecule is COc1ccc(C(C)(C)C(=O)NC2CCN(C(C)C)CC2)cc1OC. The summed E-state index contributed by atoms with van der Waals surface area (Å²) in [5.41, 5.74) is 0.289. The number of carbonyl (C=O) groups is 1. The summed E-state index contributed by atoms with van der Waals surface area (Å²) >= 11 is 0. The van der Waals surface area contributed by atoms with E-state index >= 15 is 0 Å². The van der Waals surface area contributed by atoms with Gasteiger partial charge in [0.05, 0.1) is 19.6 Å². The zero-order valence-electron chi connectivity index (χ0n) is 16.4. The molecule has 1 amide bonds. The third-order valence-corrected chi connectivity index (χ3v) is 5.27. The number of hydrogen-bond donors (Lipinski definition) is 1. The first-order chi connectivity index (χ1) is 11.8. The van der Waals surface area contributed by atoms with E-state index in [1.807, 2.05) is 32.0 Å². The van der Waals surface area contributed by atoms with Crippen LogP contribution in [0.15, 0.2) is 18.2 Å². The molecular weight excluding hydrogens is 316 g/mol. The monoisotopic (exact) mass is 348 g/mol. The van der Waals surface area contributed by atoms with Gasteiger partial charge in [0.15, 0.2) is 11.5 Å². The van der Waals surface area contributed by atoms with Crippen LogP contribution in [0.3, 0.4) is 0 Å². The van der Waals surface area contributed by atoms with Gasteiger partial charge < -0.3 is 19.7 Å². The normalized spacial score (nSPS) is 16.8. The number of amides is 1. The first-order valence-electron chi connectivity index (χ1n) is 9.07. The molecule has 0 bridgehead atoms. The molecule has 140 valence electrons. The molecule has 1 fully saturated rings. The Morgan fingerprint density at radius 2 is 1.76 bits per heavy atom. The van der Waals surface area contributed by atoms with Crippen molar-refractivity contribution in [3.8, 4) is 11.5 Å². The largest absolute Gasteiger partial charge is 0.493 e. The van der Waals surface area contributed by atoms with Crippen molar-refractivity contribution in [1.29, 1.82) is 0 Å². The van der Waals surface area contributed by atoms with E-state index < -0.39 is 5.41 Å². The van der Waals surface area contributed by atoms with E-state index in [1.165, 1.54) is 0 Å². The summed E-state index contributed by atoms with van der Waals surface area (Å²) in [5.74, 6) is 1.37. The Morgan fingerprint density at radius 3 is 2.28 bits per heavy atom. The molecule has 1 N–H and O–H groups in total. The Labute approximate surface area is 151 Å². The highest BCUT2D eigenvalue weighted by Crippen LogP contribution is 2.33. The molecule has 25 heavy (non-hydrogen) atoms. The van der Waals surface area contributed by atoms with Crippen molar-refractivity contribution < 1.29 is 14.3 Å². The van der Waals surface area contributed by atoms with Crippen LogP contribution in [0.2, 0.25) is 0 Å². The maximum atomic E-state index is 12.9. The minimum atomic E-state index is -0.630. The first-order valence-corrected chi connectivity index (χ1v) is 9.07. The maximum Gasteiger partial charge on any atom is 0.230 e. The summed E-state index contributed by atoms with van der Waals surface area (Å²) in [6.07, 6.45) is 2.01. The maximum absolute atomic E-state index is 12.9. The Kier molecular flexibility index (Phi) is 6.33. The van der Waals surface area contributed by atoms with E-state index in [-0.39, 0.29) is 11.9 Å². The number of ether oxygens (including phenoxy) is 2. The van der Waals surface area contributed by atoms with Crippen molar-refractivity contribution >= 4 is 5.91 Å². The van der Waals surface area contributed by atoms with Crippen LogP contribution in [0.4, 0.5) is 0 Å². The molecule has 0 atom stereocenters. The Morgan fingerprint density at radius 1 is 1.16 bits per heavy atom. The second-order valence-corrected chi connectivity index (χ2v) is 7.57. The lowest BCUT2D eigenvalue weighted by molar-refractivity contribution is -0.126. The molecule has 1 aromatic rings. The summed E-state index contributed by atoms with van der Waals surface area (Å²) in [4.78, 5) is 15.4. The number of carbonyl (C=O) groups excluding carboxylic acids is 1. The second-order valence-electron chi connectivity index (χ2n) is 7.57. The molecule has 5 heteroatoms. The highest BCUT2D eigenvalue weighted by Gasteiger charge is 2.33. The fourth-order valence-corrected chi connectivity index (χ4v) is 3.28. The van der Waals surface area contributed by atoms with Crippen LogP contribution < -0.4 is 14.8 Å². The van der Waals surface area contributed by atoms with Crippen LogP contribution >= 0.6 is 0 Å². The molecule has 0 saturated carbocycles. The minimum Gasteiger partial charge on any atom is -0.493 e. The predicted octanol–water partition coefficient (Wildman–Crippen LogP) is 2.97. The topological polar surface area (TPSA) is 50.8 Å². The van der Waals surface area contributed by atoms with Gasteiger partial charge in [-0.15, -0.1) is 0 Å². The third-order valence-electron chi connectivity index (χ3n) is 5.27. The van der Waals surface area contributed by atoms with Crippen LogP contribution in [-0.2, 0) is 10.2 Å². The van der Waals surface area contributed by atoms with Gasteiger partial charge in [0.1, 0.15) is 0 Å². The van der Waals surface area contributed by atoms with Crippen molar-refractivity contribution in [1.82, 2.24) is 10.2 Å². The number of nitrogens with zero attached hydrogens (tertiary/aromatic N) is 1. The molecule has 1 saturated heterocycles. The second kappa shape index (κ2) is 8.09. The summed E-state index contributed by atoms with van der Waals surface area (Å²) in [6.45, 7) is 10.4. The van der Waals surface area contributed by atoms with Crippen LogP contribution in [0.25, 0.3) is 0 Å². The number of methoxy groups -OCH3 is 2. The molecule has 1 aliphatic heterocycles. The Hall–Kier alpha value is -1.75. The molecule has 0 aliphatic carbocycles. The van der Waals surface area contributed by atoms with Gasteiger partial charge in [-0.3, -0.25) is 4.79 Å². The number of rotatable bonds is 6. The molecule has 1 aromatic carbocycles. The lowest BCUT2D eigenvalue weighted by atomic mass is 9.83. The summed E-state index contributed by atoms with van der Waals surface area (Å²) in [7, 11) is 3.22. The van der Waals surface area contributed by atoms with Gasteiger partial charge in [0.25, 0.3) is 0 Å². The molecule has 1 aliphatic rings. The average molecular weight is 348 g/mol. The quantitative estimate of drug-likeness (QED) is 0.859. The van der Waals surface area contributed by atoms with Crippen LogP contribution in [0.1, 0.15) is 46.1 Å². The predicted molar refractivity (Wildman–Crippen MR) is 100 cm³/mol. The Bertz CT molecular complexity index is 591. The fourth-order valence-electron chi connectivity index (χ4n) is 3.28. The molecule has 1 heterocycles. The van der Waals surface area contributed by atoms with Gasteiger partial charge in [-0.05, 0) is 58.2 Å². The number of benzene rings is 1. The smallest absolute Gasteiger partial charge is 0.230 e. The molecular formula is C20H32N2O3. The van der Waals surface area contributed by atoms with Crippen molar-refractivity contribution in [3.63, 3.8) is 0 Å². The van der Waals surface area contributed by atoms with E-state index in [9.17, 15) is 4.79 Å². The van der Waals surface area contributed by atoms with E-state index in [0.29, 0.717) is 17.5 Å². The zero-order valence-corrected chi connectivity index (χ0v) is 16.4. The molecule has 0 radical (unpaired) electrons. The van der Waals surface area contributed by atoms with Gasteiger partial charge in [0, 0.05) is 25.2 Å². The first kappa shape index (κ1) is 19.6. The van der Waals surface area contributed by atoms with Gasteiger partial charge in [-0.25, -0.2) is 0 Å². The molecule has 0 spiro atoms. The molecule has 2 rings (SSSR count). The van der Waals surface area contributed by atoms with E-state index in [1.54, 1.807) is 14.2 Å².